The summed E-state index contributed by atoms with van der Waals surface area (Å²) in [5, 5.41) is 6.81. The van der Waals surface area contributed by atoms with E-state index in [4.69, 9.17) is 5.26 Å². The van der Waals surface area contributed by atoms with Gasteiger partial charge in [0, 0.05) is 0 Å². The molecule has 0 bridgehead atoms. The van der Waals surface area contributed by atoms with Crippen LogP contribution < -0.4 is 4.72 Å². The number of carbonyl (C=O) groups is 1. The van der Waals surface area contributed by atoms with E-state index in [-0.39, 0.29) is 6.54 Å². The summed E-state index contributed by atoms with van der Waals surface area (Å²) in [4.78, 5) is 10.8. The molecule has 7 heteroatoms. The van der Waals surface area contributed by atoms with E-state index in [1.54, 1.807) is 6.07 Å². The zero-order chi connectivity index (χ0) is 10.5. The third-order valence-corrected chi connectivity index (χ3v) is 3.02. The number of rotatable bonds is 4. The molecule has 74 valence electrons. The molecule has 0 spiro atoms. The Labute approximate surface area is 76.5 Å². The van der Waals surface area contributed by atoms with E-state index >= 15 is 0 Å². The molecule has 13 heavy (non-hydrogen) atoms. The highest BCUT2D eigenvalue weighted by Gasteiger charge is 2.28. The van der Waals surface area contributed by atoms with Gasteiger partial charge in [-0.15, -0.1) is 0 Å². The van der Waals surface area contributed by atoms with Crippen LogP contribution in [0, 0.1) is 11.3 Å². The van der Waals surface area contributed by atoms with Gasteiger partial charge in [0.2, 0.25) is 10.0 Å². The summed E-state index contributed by atoms with van der Waals surface area (Å²) in [7, 11) is -2.68. The van der Waals surface area contributed by atoms with Crippen LogP contribution in [0.3, 0.4) is 0 Å². The van der Waals surface area contributed by atoms with Gasteiger partial charge in [-0.3, -0.25) is 4.79 Å². The van der Waals surface area contributed by atoms with Crippen LogP contribution in [0.25, 0.3) is 0 Å². The van der Waals surface area contributed by atoms with Gasteiger partial charge in [0.05, 0.1) is 19.7 Å². The number of hydrogen-bond acceptors (Lipinski definition) is 5. The number of nitriles is 1. The monoisotopic (exact) mass is 206 g/mol. The highest BCUT2D eigenvalue weighted by molar-refractivity contribution is 7.90. The Morgan fingerprint density at radius 3 is 2.62 bits per heavy atom. The standard InChI is InChI=1S/C6H10N2O4S/c1-5(6(9)12-2)13(10,11)8-4-3-7/h5,8H,4H2,1-2H3. The molecular weight excluding hydrogens is 196 g/mol. The molecule has 0 heterocycles. The van der Waals surface area contributed by atoms with Crippen LogP contribution in [0.15, 0.2) is 0 Å². The van der Waals surface area contributed by atoms with Crippen LogP contribution in [-0.4, -0.2) is 33.3 Å². The minimum absolute atomic E-state index is 0.357. The van der Waals surface area contributed by atoms with Crippen LogP contribution in [0.4, 0.5) is 0 Å². The van der Waals surface area contributed by atoms with Gasteiger partial charge in [-0.05, 0) is 6.92 Å². The number of methoxy groups -OCH3 is 1. The Morgan fingerprint density at radius 2 is 2.23 bits per heavy atom. The van der Waals surface area contributed by atoms with Crippen molar-refractivity contribution in [3.63, 3.8) is 0 Å². The zero-order valence-electron chi connectivity index (χ0n) is 7.27. The molecule has 0 aromatic heterocycles. The molecule has 0 amide bonds. The Kier molecular flexibility index (Phi) is 4.37. The fourth-order valence-electron chi connectivity index (χ4n) is 0.551. The summed E-state index contributed by atoms with van der Waals surface area (Å²) in [5.74, 6) is -0.856. The molecule has 0 saturated heterocycles. The van der Waals surface area contributed by atoms with E-state index in [9.17, 15) is 13.2 Å². The normalized spacial score (nSPS) is 13.0. The summed E-state index contributed by atoms with van der Waals surface area (Å²) < 4.78 is 28.4. The average Bonchev–Trinajstić information content (AvgIpc) is 2.12. The van der Waals surface area contributed by atoms with Crippen molar-refractivity contribution in [2.24, 2.45) is 0 Å². The Morgan fingerprint density at radius 1 is 1.69 bits per heavy atom. The van der Waals surface area contributed by atoms with E-state index in [2.05, 4.69) is 4.74 Å². The van der Waals surface area contributed by atoms with Crippen molar-refractivity contribution in [1.29, 1.82) is 5.26 Å². The number of hydrogen-bond donors (Lipinski definition) is 1. The quantitative estimate of drug-likeness (QED) is 0.469. The van der Waals surface area contributed by atoms with Crippen molar-refractivity contribution in [3.8, 4) is 6.07 Å². The van der Waals surface area contributed by atoms with Crippen molar-refractivity contribution in [2.45, 2.75) is 12.2 Å². The Hall–Kier alpha value is -1.13. The van der Waals surface area contributed by atoms with Gasteiger partial charge in [-0.2, -0.15) is 5.26 Å². The Balaban J connectivity index is 4.48. The number of esters is 1. The number of ether oxygens (including phenoxy) is 1. The predicted octanol–water partition coefficient (Wildman–Crippen LogP) is -1.01. The summed E-state index contributed by atoms with van der Waals surface area (Å²) in [6.07, 6.45) is 0. The summed E-state index contributed by atoms with van der Waals surface area (Å²) in [5.41, 5.74) is 0. The van der Waals surface area contributed by atoms with Crippen molar-refractivity contribution < 1.29 is 17.9 Å². The van der Waals surface area contributed by atoms with Gasteiger partial charge >= 0.3 is 5.97 Å². The average molecular weight is 206 g/mol. The first-order chi connectivity index (χ1) is 5.95. The number of nitrogens with zero attached hydrogens (tertiary/aromatic N) is 1. The van der Waals surface area contributed by atoms with Crippen LogP contribution in [0.5, 0.6) is 0 Å². The van der Waals surface area contributed by atoms with Crippen LogP contribution >= 0.6 is 0 Å². The first-order valence-electron chi connectivity index (χ1n) is 3.39. The van der Waals surface area contributed by atoms with E-state index in [1.807, 2.05) is 4.72 Å². The molecule has 0 saturated carbocycles. The first-order valence-corrected chi connectivity index (χ1v) is 4.93. The van der Waals surface area contributed by atoms with Crippen molar-refractivity contribution in [2.75, 3.05) is 13.7 Å². The van der Waals surface area contributed by atoms with Crippen LogP contribution in [0.1, 0.15) is 6.92 Å². The topological polar surface area (TPSA) is 96.3 Å². The molecule has 0 aliphatic heterocycles. The Bertz CT molecular complexity index is 316. The molecule has 0 fully saturated rings. The van der Waals surface area contributed by atoms with Gasteiger partial charge < -0.3 is 4.74 Å². The van der Waals surface area contributed by atoms with E-state index in [0.29, 0.717) is 0 Å². The fourth-order valence-corrected chi connectivity index (χ4v) is 1.42. The minimum atomic E-state index is -3.78. The molecule has 1 unspecified atom stereocenters. The largest absolute Gasteiger partial charge is 0.468 e. The third kappa shape index (κ3) is 3.40. The molecule has 0 aromatic carbocycles. The molecule has 0 rings (SSSR count). The zero-order valence-corrected chi connectivity index (χ0v) is 8.09. The summed E-state index contributed by atoms with van der Waals surface area (Å²) in [6, 6.07) is 1.59. The smallest absolute Gasteiger partial charge is 0.325 e. The van der Waals surface area contributed by atoms with Gasteiger partial charge in [0.1, 0.15) is 0 Å². The molecule has 6 nitrogen and oxygen atoms in total. The number of carbonyl (C=O) groups excluding carboxylic acids is 1. The second-order valence-corrected chi connectivity index (χ2v) is 4.28. The maximum Gasteiger partial charge on any atom is 0.325 e. The lowest BCUT2D eigenvalue weighted by Gasteiger charge is -2.09. The van der Waals surface area contributed by atoms with E-state index in [1.165, 1.54) is 6.92 Å². The lowest BCUT2D eigenvalue weighted by atomic mass is 10.5. The number of nitrogens with one attached hydrogen (secondary N) is 1. The van der Waals surface area contributed by atoms with Crippen LogP contribution in [0.2, 0.25) is 0 Å². The fraction of sp³-hybridized carbons (Fsp3) is 0.667. The first kappa shape index (κ1) is 11.9. The molecule has 0 radical (unpaired) electrons. The molecule has 1 atom stereocenters. The van der Waals surface area contributed by atoms with E-state index in [0.717, 1.165) is 7.11 Å². The van der Waals surface area contributed by atoms with E-state index < -0.39 is 21.2 Å². The predicted molar refractivity (Wildman–Crippen MR) is 44.0 cm³/mol. The second kappa shape index (κ2) is 4.79. The van der Waals surface area contributed by atoms with Crippen molar-refractivity contribution >= 4 is 16.0 Å². The molecule has 0 aliphatic rings. The third-order valence-electron chi connectivity index (χ3n) is 1.35. The van der Waals surface area contributed by atoms with Gasteiger partial charge in [0.15, 0.2) is 5.25 Å². The summed E-state index contributed by atoms with van der Waals surface area (Å²) in [6.45, 7) is 0.829. The van der Waals surface area contributed by atoms with Crippen molar-refractivity contribution in [3.05, 3.63) is 0 Å². The maximum atomic E-state index is 11.1. The molecular formula is C6H10N2O4S. The lowest BCUT2D eigenvalue weighted by Crippen LogP contribution is -2.38. The highest BCUT2D eigenvalue weighted by atomic mass is 32.2. The van der Waals surface area contributed by atoms with Crippen LogP contribution in [-0.2, 0) is 19.6 Å². The SMILES string of the molecule is COC(=O)C(C)S(=O)(=O)NCC#N. The molecule has 0 aromatic rings. The van der Waals surface area contributed by atoms with Crippen molar-refractivity contribution in [1.82, 2.24) is 4.72 Å². The number of sulfonamides is 1. The second-order valence-electron chi connectivity index (χ2n) is 2.19. The van der Waals surface area contributed by atoms with Gasteiger partial charge in [0.25, 0.3) is 0 Å². The lowest BCUT2D eigenvalue weighted by molar-refractivity contribution is -0.139. The minimum Gasteiger partial charge on any atom is -0.468 e. The maximum absolute atomic E-state index is 11.1. The van der Waals surface area contributed by atoms with Gasteiger partial charge in [-0.1, -0.05) is 0 Å². The highest BCUT2D eigenvalue weighted by Crippen LogP contribution is 1.99. The summed E-state index contributed by atoms with van der Waals surface area (Å²) >= 11 is 0. The molecule has 0 aliphatic carbocycles. The molecule has 1 N–H and O–H groups in total. The van der Waals surface area contributed by atoms with Gasteiger partial charge in [-0.25, -0.2) is 13.1 Å².